The predicted molar refractivity (Wildman–Crippen MR) is 64.5 cm³/mol. The Bertz CT molecular complexity index is 514. The van der Waals surface area contributed by atoms with E-state index < -0.39 is 17.8 Å². The highest BCUT2D eigenvalue weighted by atomic mass is 16.5. The number of Topliss-reactive ketones (excluding diaryl/α,β-unsaturated/α-hetero) is 1. The Morgan fingerprint density at radius 2 is 2.28 bits per heavy atom. The van der Waals surface area contributed by atoms with Gasteiger partial charge in [0.1, 0.15) is 11.3 Å². The first kappa shape index (κ1) is 12.2. The summed E-state index contributed by atoms with van der Waals surface area (Å²) in [6.45, 7) is 1.88. The third-order valence-electron chi connectivity index (χ3n) is 2.51. The second-order valence-corrected chi connectivity index (χ2v) is 3.61. The highest BCUT2D eigenvalue weighted by Crippen LogP contribution is 2.18. The Morgan fingerprint density at radius 1 is 1.50 bits per heavy atom. The third-order valence-corrected chi connectivity index (χ3v) is 2.51. The van der Waals surface area contributed by atoms with Crippen LogP contribution < -0.4 is 0 Å². The minimum atomic E-state index is -0.770. The van der Waals surface area contributed by atoms with Gasteiger partial charge in [-0.3, -0.25) is 14.8 Å². The van der Waals surface area contributed by atoms with Crippen LogP contribution in [0.15, 0.2) is 33.6 Å². The van der Waals surface area contributed by atoms with Crippen LogP contribution in [0.25, 0.3) is 0 Å². The molecule has 6 nitrogen and oxygen atoms in total. The number of dihydropyridines is 1. The fraction of sp³-hybridized carbons (Fsp3) is 0.333. The Labute approximate surface area is 104 Å². The van der Waals surface area contributed by atoms with Gasteiger partial charge in [0.25, 0.3) is 0 Å². The van der Waals surface area contributed by atoms with E-state index in [0.29, 0.717) is 11.5 Å². The van der Waals surface area contributed by atoms with E-state index in [0.717, 1.165) is 0 Å². The van der Waals surface area contributed by atoms with Crippen LogP contribution in [0.2, 0.25) is 0 Å². The lowest BCUT2D eigenvalue weighted by Gasteiger charge is -2.19. The number of hydrogen-bond donors (Lipinski definition) is 0. The lowest BCUT2D eigenvalue weighted by atomic mass is 9.97. The first-order valence-corrected chi connectivity index (χ1v) is 5.45. The monoisotopic (exact) mass is 248 g/mol. The molecule has 0 aromatic rings. The zero-order chi connectivity index (χ0) is 13.1. The maximum Gasteiger partial charge on any atom is 0.343 e. The van der Waals surface area contributed by atoms with Crippen molar-refractivity contribution in [1.82, 2.24) is 0 Å². The number of aliphatic imine (C=N–C) groups is 2. The Kier molecular flexibility index (Phi) is 3.36. The fourth-order valence-corrected chi connectivity index (χ4v) is 1.62. The SMILES string of the molecule is CCOC(=O)C1=CN=C2C=C(OC)C=NC2C1=O. The maximum atomic E-state index is 12.0. The van der Waals surface area contributed by atoms with E-state index >= 15 is 0 Å². The molecule has 18 heavy (non-hydrogen) atoms. The fourth-order valence-electron chi connectivity index (χ4n) is 1.62. The first-order valence-electron chi connectivity index (χ1n) is 5.45. The van der Waals surface area contributed by atoms with Gasteiger partial charge in [-0.15, -0.1) is 0 Å². The molecule has 6 heteroatoms. The summed E-state index contributed by atoms with van der Waals surface area (Å²) in [5.41, 5.74) is 0.393. The number of carbonyl (C=O) groups is 2. The standard InChI is InChI=1S/C12H12N2O4/c1-3-18-12(16)8-6-13-9-4-7(17-2)5-14-10(9)11(8)15/h4-6,10H,3H2,1-2H3. The topological polar surface area (TPSA) is 77.3 Å². The van der Waals surface area contributed by atoms with Crippen molar-refractivity contribution < 1.29 is 19.1 Å². The van der Waals surface area contributed by atoms with Gasteiger partial charge in [-0.25, -0.2) is 4.79 Å². The molecular weight excluding hydrogens is 236 g/mol. The van der Waals surface area contributed by atoms with E-state index in [2.05, 4.69) is 9.98 Å². The van der Waals surface area contributed by atoms with Gasteiger partial charge in [-0.1, -0.05) is 0 Å². The summed E-state index contributed by atoms with van der Waals surface area (Å²) in [6, 6.07) is -0.770. The van der Waals surface area contributed by atoms with Gasteiger partial charge >= 0.3 is 5.97 Å². The summed E-state index contributed by atoms with van der Waals surface area (Å²) in [5, 5.41) is 0. The molecule has 0 aliphatic carbocycles. The van der Waals surface area contributed by atoms with Crippen molar-refractivity contribution in [2.45, 2.75) is 13.0 Å². The lowest BCUT2D eigenvalue weighted by molar-refractivity contribution is -0.140. The molecular formula is C12H12N2O4. The minimum Gasteiger partial charge on any atom is -0.495 e. The number of esters is 1. The van der Waals surface area contributed by atoms with E-state index in [9.17, 15) is 9.59 Å². The molecule has 2 aliphatic heterocycles. The van der Waals surface area contributed by atoms with Crippen LogP contribution in [0.3, 0.4) is 0 Å². The van der Waals surface area contributed by atoms with Crippen LogP contribution in [0.1, 0.15) is 6.92 Å². The number of nitrogens with zero attached hydrogens (tertiary/aromatic N) is 2. The normalized spacial score (nSPS) is 21.6. The second-order valence-electron chi connectivity index (χ2n) is 3.61. The Balaban J connectivity index is 2.30. The van der Waals surface area contributed by atoms with Crippen molar-refractivity contribution in [3.63, 3.8) is 0 Å². The number of carbonyl (C=O) groups excluding carboxylic acids is 2. The Hall–Kier alpha value is -2.24. The van der Waals surface area contributed by atoms with E-state index in [1.165, 1.54) is 19.5 Å². The van der Waals surface area contributed by atoms with Gasteiger partial charge < -0.3 is 9.47 Å². The van der Waals surface area contributed by atoms with Gasteiger partial charge in [-0.2, -0.15) is 0 Å². The van der Waals surface area contributed by atoms with Gasteiger partial charge in [-0.05, 0) is 6.92 Å². The summed E-state index contributed by atoms with van der Waals surface area (Å²) in [4.78, 5) is 31.6. The van der Waals surface area contributed by atoms with E-state index in [1.54, 1.807) is 13.0 Å². The summed E-state index contributed by atoms with van der Waals surface area (Å²) in [5.74, 6) is -0.547. The van der Waals surface area contributed by atoms with Gasteiger partial charge in [0.2, 0.25) is 5.78 Å². The van der Waals surface area contributed by atoms with Crippen LogP contribution in [0.4, 0.5) is 0 Å². The number of ketones is 1. The zero-order valence-electron chi connectivity index (χ0n) is 10.0. The van der Waals surface area contributed by atoms with Crippen molar-refractivity contribution in [1.29, 1.82) is 0 Å². The average molecular weight is 248 g/mol. The van der Waals surface area contributed by atoms with E-state index in [1.807, 2.05) is 0 Å². The van der Waals surface area contributed by atoms with Crippen LogP contribution in [-0.2, 0) is 19.1 Å². The molecule has 2 heterocycles. The number of methoxy groups -OCH3 is 1. The summed E-state index contributed by atoms with van der Waals surface area (Å²) >= 11 is 0. The molecule has 0 radical (unpaired) electrons. The highest BCUT2D eigenvalue weighted by Gasteiger charge is 2.34. The molecule has 0 saturated carbocycles. The molecule has 1 atom stereocenters. The van der Waals surface area contributed by atoms with Gasteiger partial charge in [0.05, 0.1) is 25.6 Å². The molecule has 0 saturated heterocycles. The van der Waals surface area contributed by atoms with Crippen LogP contribution in [0.5, 0.6) is 0 Å². The number of allylic oxidation sites excluding steroid dienone is 1. The molecule has 0 N–H and O–H groups in total. The number of fused-ring (bicyclic) bond motifs is 1. The number of ether oxygens (including phenoxy) is 2. The van der Waals surface area contributed by atoms with Crippen molar-refractivity contribution >= 4 is 23.7 Å². The molecule has 1 unspecified atom stereocenters. The largest absolute Gasteiger partial charge is 0.495 e. The Morgan fingerprint density at radius 3 is 2.94 bits per heavy atom. The number of rotatable bonds is 3. The van der Waals surface area contributed by atoms with Crippen LogP contribution in [0, 0.1) is 0 Å². The maximum absolute atomic E-state index is 12.0. The highest BCUT2D eigenvalue weighted by molar-refractivity contribution is 6.31. The van der Waals surface area contributed by atoms with Crippen molar-refractivity contribution in [2.75, 3.05) is 13.7 Å². The molecule has 0 spiro atoms. The molecule has 0 fully saturated rings. The summed E-state index contributed by atoms with van der Waals surface area (Å²) < 4.78 is 9.78. The third kappa shape index (κ3) is 2.09. The van der Waals surface area contributed by atoms with E-state index in [4.69, 9.17) is 9.47 Å². The molecule has 2 aliphatic rings. The smallest absolute Gasteiger partial charge is 0.343 e. The molecule has 2 rings (SSSR count). The summed E-state index contributed by atoms with van der Waals surface area (Å²) in [6.07, 6.45) is 4.28. The molecule has 94 valence electrons. The predicted octanol–water partition coefficient (Wildman–Crippen LogP) is 0.440. The van der Waals surface area contributed by atoms with Gasteiger partial charge in [0, 0.05) is 12.3 Å². The molecule has 0 aromatic heterocycles. The van der Waals surface area contributed by atoms with E-state index in [-0.39, 0.29) is 12.2 Å². The van der Waals surface area contributed by atoms with Crippen molar-refractivity contribution in [3.8, 4) is 0 Å². The van der Waals surface area contributed by atoms with Crippen molar-refractivity contribution in [2.24, 2.45) is 9.98 Å². The van der Waals surface area contributed by atoms with Crippen LogP contribution in [-0.4, -0.2) is 43.4 Å². The second kappa shape index (κ2) is 4.95. The number of hydrogen-bond acceptors (Lipinski definition) is 6. The summed E-state index contributed by atoms with van der Waals surface area (Å²) in [7, 11) is 1.50. The molecule has 0 aromatic carbocycles. The zero-order valence-corrected chi connectivity index (χ0v) is 10.0. The minimum absolute atomic E-state index is 0.0722. The molecule has 0 bridgehead atoms. The quantitative estimate of drug-likeness (QED) is 0.536. The van der Waals surface area contributed by atoms with Crippen LogP contribution >= 0.6 is 0 Å². The first-order chi connectivity index (χ1) is 8.67. The molecule has 0 amide bonds. The van der Waals surface area contributed by atoms with Gasteiger partial charge in [0.15, 0.2) is 6.04 Å². The average Bonchev–Trinajstić information content (AvgIpc) is 2.38. The lowest BCUT2D eigenvalue weighted by Crippen LogP contribution is -2.36. The van der Waals surface area contributed by atoms with Crippen molar-refractivity contribution in [3.05, 3.63) is 23.6 Å².